The maximum absolute atomic E-state index is 12.7. The standard InChI is InChI=1S/C27H42N6O2/c1-5-32(4)23-12-10-22(11-13-23)31-26(29-3)16-25(28-2)27(35)30-17-24(34)19-33-15-14-20-8-6-7-9-21(20)18-33/h6-9,16,22-24,28,34H,3,5,10-15,17-19H2,1-2,4H3,(H,30,35)/t22?,23?,24-/m0/s1. The van der Waals surface area contributed by atoms with Crippen LogP contribution in [0.25, 0.3) is 0 Å². The van der Waals surface area contributed by atoms with Crippen molar-refractivity contribution in [3.8, 4) is 0 Å². The summed E-state index contributed by atoms with van der Waals surface area (Å²) in [4.78, 5) is 26.2. The summed E-state index contributed by atoms with van der Waals surface area (Å²) >= 11 is 0. The minimum Gasteiger partial charge on any atom is -0.390 e. The number of aliphatic hydroxyl groups is 1. The lowest BCUT2D eigenvalue weighted by molar-refractivity contribution is -0.118. The normalized spacial score (nSPS) is 22.4. The van der Waals surface area contributed by atoms with Crippen LogP contribution in [-0.2, 0) is 17.8 Å². The number of likely N-dealkylation sites (N-methyl/N-ethyl adjacent to an activating group) is 1. The van der Waals surface area contributed by atoms with E-state index in [1.54, 1.807) is 13.1 Å². The molecule has 1 fully saturated rings. The third-order valence-corrected chi connectivity index (χ3v) is 7.23. The number of nitrogens with one attached hydrogen (secondary N) is 2. The van der Waals surface area contributed by atoms with Crippen molar-refractivity contribution in [2.75, 3.05) is 40.3 Å². The molecule has 1 amide bonds. The summed E-state index contributed by atoms with van der Waals surface area (Å²) in [5.74, 6) is 0.171. The van der Waals surface area contributed by atoms with Crippen LogP contribution in [0.3, 0.4) is 0 Å². The summed E-state index contributed by atoms with van der Waals surface area (Å²) in [7, 11) is 3.87. The van der Waals surface area contributed by atoms with Crippen LogP contribution < -0.4 is 10.6 Å². The van der Waals surface area contributed by atoms with Crippen LogP contribution in [0.5, 0.6) is 0 Å². The Morgan fingerprint density at radius 1 is 1.29 bits per heavy atom. The lowest BCUT2D eigenvalue weighted by atomic mass is 9.90. The fourth-order valence-corrected chi connectivity index (χ4v) is 4.96. The van der Waals surface area contributed by atoms with Gasteiger partial charge >= 0.3 is 0 Å². The highest BCUT2D eigenvalue weighted by atomic mass is 16.3. The van der Waals surface area contributed by atoms with Crippen LogP contribution in [0, 0.1) is 0 Å². The number of rotatable bonds is 10. The maximum atomic E-state index is 12.7. The van der Waals surface area contributed by atoms with E-state index in [0.29, 0.717) is 24.1 Å². The highest BCUT2D eigenvalue weighted by molar-refractivity contribution is 6.04. The zero-order valence-corrected chi connectivity index (χ0v) is 21.5. The molecule has 2 aliphatic rings. The van der Waals surface area contributed by atoms with E-state index in [9.17, 15) is 9.90 Å². The lowest BCUT2D eigenvalue weighted by Gasteiger charge is -2.32. The van der Waals surface area contributed by atoms with Gasteiger partial charge in [-0.3, -0.25) is 14.7 Å². The number of β-amino-alcohol motifs (C(OH)–C–C–N with tert-alkyl or cyclic N) is 1. The SMILES string of the molecule is C=NC(C=C(NC)C(=O)NC[C@H](O)CN1CCc2ccccc2C1)=NC1CCC(N(C)CC)CC1. The van der Waals surface area contributed by atoms with Crippen LogP contribution in [-0.4, -0.2) is 91.8 Å². The fourth-order valence-electron chi connectivity index (χ4n) is 4.96. The summed E-state index contributed by atoms with van der Waals surface area (Å²) < 4.78 is 0. The summed E-state index contributed by atoms with van der Waals surface area (Å²) in [5, 5.41) is 16.3. The molecule has 1 saturated carbocycles. The molecule has 0 unspecified atom stereocenters. The second-order valence-electron chi connectivity index (χ2n) is 9.61. The first kappa shape index (κ1) is 27.0. The van der Waals surface area contributed by atoms with Gasteiger partial charge in [0.15, 0.2) is 0 Å². The molecule has 1 aromatic carbocycles. The van der Waals surface area contributed by atoms with E-state index in [-0.39, 0.29) is 18.5 Å². The van der Waals surface area contributed by atoms with Crippen LogP contribution in [0.4, 0.5) is 0 Å². The number of carbonyl (C=O) groups is 1. The first-order chi connectivity index (χ1) is 16.9. The number of amides is 1. The Labute approximate surface area is 210 Å². The van der Waals surface area contributed by atoms with E-state index in [1.165, 1.54) is 11.1 Å². The third kappa shape index (κ3) is 7.98. The highest BCUT2D eigenvalue weighted by Gasteiger charge is 2.23. The van der Waals surface area contributed by atoms with Crippen molar-refractivity contribution in [3.63, 3.8) is 0 Å². The molecule has 3 rings (SSSR count). The number of aliphatic imine (C=N–C) groups is 2. The smallest absolute Gasteiger partial charge is 0.267 e. The summed E-state index contributed by atoms with van der Waals surface area (Å²) in [6.45, 7) is 9.32. The molecule has 192 valence electrons. The van der Waals surface area contributed by atoms with Crippen molar-refractivity contribution in [2.24, 2.45) is 9.98 Å². The largest absolute Gasteiger partial charge is 0.390 e. The van der Waals surface area contributed by atoms with E-state index in [4.69, 9.17) is 4.99 Å². The van der Waals surface area contributed by atoms with Crippen molar-refractivity contribution in [3.05, 3.63) is 47.2 Å². The van der Waals surface area contributed by atoms with Gasteiger partial charge in [-0.2, -0.15) is 0 Å². The van der Waals surface area contributed by atoms with E-state index in [1.807, 2.05) is 0 Å². The topological polar surface area (TPSA) is 92.6 Å². The van der Waals surface area contributed by atoms with Crippen LogP contribution in [0.2, 0.25) is 0 Å². The van der Waals surface area contributed by atoms with Crippen LogP contribution in [0.15, 0.2) is 46.0 Å². The van der Waals surface area contributed by atoms with Gasteiger partial charge in [0, 0.05) is 45.3 Å². The number of carbonyl (C=O) groups excluding carboxylic acids is 1. The van der Waals surface area contributed by atoms with E-state index in [0.717, 1.165) is 51.7 Å². The number of nitrogens with zero attached hydrogens (tertiary/aromatic N) is 4. The van der Waals surface area contributed by atoms with E-state index in [2.05, 4.69) is 70.4 Å². The molecular weight excluding hydrogens is 440 g/mol. The first-order valence-corrected chi connectivity index (χ1v) is 12.8. The Balaban J connectivity index is 1.49. The second kappa shape index (κ2) is 13.5. The summed E-state index contributed by atoms with van der Waals surface area (Å²) in [6.07, 6.45) is 6.23. The number of hydrogen-bond donors (Lipinski definition) is 3. The number of hydrogen-bond acceptors (Lipinski definition) is 6. The molecule has 0 bridgehead atoms. The predicted octanol–water partition coefficient (Wildman–Crippen LogP) is 1.99. The molecular formula is C27H42N6O2. The second-order valence-corrected chi connectivity index (χ2v) is 9.61. The molecule has 1 heterocycles. The van der Waals surface area contributed by atoms with Gasteiger partial charge in [-0.15, -0.1) is 0 Å². The molecule has 1 aromatic rings. The molecule has 8 heteroatoms. The van der Waals surface area contributed by atoms with Crippen molar-refractivity contribution in [1.82, 2.24) is 20.4 Å². The van der Waals surface area contributed by atoms with Crippen molar-refractivity contribution in [2.45, 2.75) is 63.8 Å². The zero-order valence-electron chi connectivity index (χ0n) is 21.5. The van der Waals surface area contributed by atoms with E-state index >= 15 is 0 Å². The Morgan fingerprint density at radius 2 is 2.00 bits per heavy atom. The molecule has 1 aliphatic carbocycles. The summed E-state index contributed by atoms with van der Waals surface area (Å²) in [5.41, 5.74) is 3.05. The van der Waals surface area contributed by atoms with Crippen molar-refractivity contribution < 1.29 is 9.90 Å². The quantitative estimate of drug-likeness (QED) is 0.269. The molecule has 0 saturated heterocycles. The Hall–Kier alpha value is -2.55. The van der Waals surface area contributed by atoms with Crippen molar-refractivity contribution >= 4 is 18.5 Å². The lowest BCUT2D eigenvalue weighted by Crippen LogP contribution is -2.43. The molecule has 0 radical (unpaired) electrons. The zero-order chi connectivity index (χ0) is 25.2. The molecule has 35 heavy (non-hydrogen) atoms. The fraction of sp³-hybridized carbons (Fsp3) is 0.593. The average Bonchev–Trinajstić information content (AvgIpc) is 2.89. The Bertz CT molecular complexity index is 907. The predicted molar refractivity (Wildman–Crippen MR) is 143 cm³/mol. The van der Waals surface area contributed by atoms with Gasteiger partial charge in [-0.25, -0.2) is 4.99 Å². The third-order valence-electron chi connectivity index (χ3n) is 7.23. The molecule has 1 aliphatic heterocycles. The van der Waals surface area contributed by atoms with Gasteiger partial charge < -0.3 is 20.6 Å². The molecule has 1 atom stereocenters. The molecule has 0 aromatic heterocycles. The minimum absolute atomic E-state index is 0.180. The van der Waals surface area contributed by atoms with Gasteiger partial charge in [0.2, 0.25) is 0 Å². The number of benzene rings is 1. The van der Waals surface area contributed by atoms with Gasteiger partial charge in [-0.1, -0.05) is 31.2 Å². The molecule has 8 nitrogen and oxygen atoms in total. The molecule has 3 N–H and O–H groups in total. The maximum Gasteiger partial charge on any atom is 0.267 e. The minimum atomic E-state index is -0.649. The van der Waals surface area contributed by atoms with Gasteiger partial charge in [0.1, 0.15) is 11.5 Å². The monoisotopic (exact) mass is 482 g/mol. The molecule has 0 spiro atoms. The van der Waals surface area contributed by atoms with Gasteiger partial charge in [0.25, 0.3) is 5.91 Å². The highest BCUT2D eigenvalue weighted by Crippen LogP contribution is 2.24. The van der Waals surface area contributed by atoms with E-state index < -0.39 is 6.10 Å². The summed E-state index contributed by atoms with van der Waals surface area (Å²) in [6, 6.07) is 9.25. The van der Waals surface area contributed by atoms with Crippen molar-refractivity contribution in [1.29, 1.82) is 0 Å². The number of amidine groups is 1. The van der Waals surface area contributed by atoms with Crippen LogP contribution in [0.1, 0.15) is 43.7 Å². The van der Waals surface area contributed by atoms with Crippen LogP contribution >= 0.6 is 0 Å². The first-order valence-electron chi connectivity index (χ1n) is 12.8. The van der Waals surface area contributed by atoms with Gasteiger partial charge in [-0.05, 0) is 63.5 Å². The average molecular weight is 483 g/mol. The number of aliphatic hydroxyl groups excluding tert-OH is 1. The Morgan fingerprint density at radius 3 is 2.66 bits per heavy atom. The number of fused-ring (bicyclic) bond motifs is 1. The Kier molecular flexibility index (Phi) is 10.4. The van der Waals surface area contributed by atoms with Gasteiger partial charge in [0.05, 0.1) is 12.1 Å².